The molecule has 1 atom stereocenters. The Morgan fingerprint density at radius 3 is 2.29 bits per heavy atom. The number of hydrogen-bond acceptors (Lipinski definition) is 1. The molecule has 0 saturated heterocycles. The van der Waals surface area contributed by atoms with Crippen molar-refractivity contribution in [2.75, 3.05) is 7.05 Å². The monoisotopic (exact) mass is 345 g/mol. The average Bonchev–Trinajstić information content (AvgIpc) is 2.46. The van der Waals surface area contributed by atoms with Crippen molar-refractivity contribution >= 4 is 15.9 Å². The fraction of sp³-hybridized carbons (Fsp3) is 0.368. The predicted octanol–water partition coefficient (Wildman–Crippen LogP) is 5.15. The van der Waals surface area contributed by atoms with E-state index < -0.39 is 0 Å². The molecule has 0 aliphatic carbocycles. The zero-order valence-corrected chi connectivity index (χ0v) is 14.7. The summed E-state index contributed by atoms with van der Waals surface area (Å²) in [5.74, 6) is 0.694. The minimum absolute atomic E-state index is 0.360. The first-order valence-corrected chi connectivity index (χ1v) is 8.38. The van der Waals surface area contributed by atoms with Crippen molar-refractivity contribution in [3.8, 4) is 0 Å². The smallest absolute Gasteiger partial charge is 0.0358 e. The Bertz CT molecular complexity index is 560. The van der Waals surface area contributed by atoms with Crippen LogP contribution in [0.3, 0.4) is 0 Å². The van der Waals surface area contributed by atoms with Crippen LogP contribution in [0.4, 0.5) is 0 Å². The van der Waals surface area contributed by atoms with Crippen LogP contribution in [0.15, 0.2) is 53.0 Å². The van der Waals surface area contributed by atoms with Crippen LogP contribution in [-0.2, 0) is 12.8 Å². The van der Waals surface area contributed by atoms with Gasteiger partial charge in [-0.3, -0.25) is 0 Å². The van der Waals surface area contributed by atoms with E-state index in [2.05, 4.69) is 83.6 Å². The third-order valence-corrected chi connectivity index (χ3v) is 4.23. The third kappa shape index (κ3) is 4.98. The lowest BCUT2D eigenvalue weighted by atomic mass is 9.95. The van der Waals surface area contributed by atoms with E-state index in [1.54, 1.807) is 0 Å². The number of rotatable bonds is 6. The zero-order chi connectivity index (χ0) is 15.2. The van der Waals surface area contributed by atoms with Crippen LogP contribution in [-0.4, -0.2) is 7.05 Å². The summed E-state index contributed by atoms with van der Waals surface area (Å²) >= 11 is 3.49. The molecule has 0 amide bonds. The van der Waals surface area contributed by atoms with Crippen LogP contribution < -0.4 is 5.32 Å². The van der Waals surface area contributed by atoms with E-state index in [9.17, 15) is 0 Å². The molecule has 0 heterocycles. The Morgan fingerprint density at radius 1 is 0.952 bits per heavy atom. The number of benzene rings is 2. The molecule has 0 bridgehead atoms. The van der Waals surface area contributed by atoms with Gasteiger partial charge in [0, 0.05) is 10.5 Å². The molecule has 1 nitrogen and oxygen atoms in total. The Labute approximate surface area is 136 Å². The SMILES string of the molecule is CNC(Cc1ccc(Br)cc1)c1cccc(CC(C)C)c1. The largest absolute Gasteiger partial charge is 0.313 e. The van der Waals surface area contributed by atoms with E-state index in [0.717, 1.165) is 17.3 Å². The summed E-state index contributed by atoms with van der Waals surface area (Å²) in [5, 5.41) is 3.45. The first-order chi connectivity index (χ1) is 10.1. The topological polar surface area (TPSA) is 12.0 Å². The van der Waals surface area contributed by atoms with E-state index in [1.807, 2.05) is 7.05 Å². The van der Waals surface area contributed by atoms with Crippen molar-refractivity contribution in [1.29, 1.82) is 0 Å². The highest BCUT2D eigenvalue weighted by molar-refractivity contribution is 9.10. The molecular formula is C19H24BrN. The second-order valence-electron chi connectivity index (χ2n) is 6.01. The lowest BCUT2D eigenvalue weighted by Crippen LogP contribution is -2.19. The third-order valence-electron chi connectivity index (χ3n) is 3.70. The molecule has 2 aromatic carbocycles. The minimum atomic E-state index is 0.360. The molecule has 0 saturated carbocycles. The van der Waals surface area contributed by atoms with Crippen LogP contribution in [0.25, 0.3) is 0 Å². The van der Waals surface area contributed by atoms with Gasteiger partial charge in [-0.25, -0.2) is 0 Å². The van der Waals surface area contributed by atoms with Crippen molar-refractivity contribution in [2.24, 2.45) is 5.92 Å². The van der Waals surface area contributed by atoms with Crippen molar-refractivity contribution in [3.63, 3.8) is 0 Å². The molecule has 2 rings (SSSR count). The van der Waals surface area contributed by atoms with Crippen molar-refractivity contribution in [1.82, 2.24) is 5.32 Å². The molecule has 2 aromatic rings. The fourth-order valence-electron chi connectivity index (χ4n) is 2.65. The molecule has 21 heavy (non-hydrogen) atoms. The van der Waals surface area contributed by atoms with E-state index in [-0.39, 0.29) is 0 Å². The summed E-state index contributed by atoms with van der Waals surface area (Å²) in [5.41, 5.74) is 4.16. The van der Waals surface area contributed by atoms with Gasteiger partial charge < -0.3 is 5.32 Å². The van der Waals surface area contributed by atoms with E-state index in [0.29, 0.717) is 12.0 Å². The molecule has 0 aromatic heterocycles. The highest BCUT2D eigenvalue weighted by Gasteiger charge is 2.11. The number of nitrogens with one attached hydrogen (secondary N) is 1. The summed E-state index contributed by atoms with van der Waals surface area (Å²) < 4.78 is 1.13. The van der Waals surface area contributed by atoms with Crippen molar-refractivity contribution in [3.05, 3.63) is 69.7 Å². The van der Waals surface area contributed by atoms with Gasteiger partial charge in [0.05, 0.1) is 0 Å². The Balaban J connectivity index is 2.15. The predicted molar refractivity (Wildman–Crippen MR) is 94.6 cm³/mol. The second kappa shape index (κ2) is 7.77. The summed E-state index contributed by atoms with van der Waals surface area (Å²) in [6, 6.07) is 17.9. The Hall–Kier alpha value is -1.12. The zero-order valence-electron chi connectivity index (χ0n) is 13.1. The van der Waals surface area contributed by atoms with Crippen LogP contribution in [0.1, 0.15) is 36.6 Å². The maximum absolute atomic E-state index is 3.49. The van der Waals surface area contributed by atoms with Gasteiger partial charge in [0.1, 0.15) is 0 Å². The Morgan fingerprint density at radius 2 is 1.67 bits per heavy atom. The molecule has 0 aliphatic rings. The molecule has 0 spiro atoms. The van der Waals surface area contributed by atoms with E-state index in [1.165, 1.54) is 16.7 Å². The standard InChI is InChI=1S/C19H24BrN/c1-14(2)11-16-5-4-6-17(12-16)19(21-3)13-15-7-9-18(20)10-8-15/h4-10,12,14,19,21H,11,13H2,1-3H3. The van der Waals surface area contributed by atoms with Gasteiger partial charge in [0.2, 0.25) is 0 Å². The van der Waals surface area contributed by atoms with E-state index in [4.69, 9.17) is 0 Å². The quantitative estimate of drug-likeness (QED) is 0.763. The first kappa shape index (κ1) is 16.3. The van der Waals surface area contributed by atoms with Crippen LogP contribution >= 0.6 is 15.9 Å². The van der Waals surface area contributed by atoms with Gasteiger partial charge in [-0.15, -0.1) is 0 Å². The second-order valence-corrected chi connectivity index (χ2v) is 6.93. The molecule has 112 valence electrons. The maximum atomic E-state index is 3.49. The summed E-state index contributed by atoms with van der Waals surface area (Å²) in [4.78, 5) is 0. The molecule has 2 heteroatoms. The minimum Gasteiger partial charge on any atom is -0.313 e. The Kier molecular flexibility index (Phi) is 6.01. The van der Waals surface area contributed by atoms with Gasteiger partial charge in [-0.2, -0.15) is 0 Å². The number of hydrogen-bond donors (Lipinski definition) is 1. The van der Waals surface area contributed by atoms with Gasteiger partial charge in [-0.05, 0) is 54.6 Å². The molecule has 0 fully saturated rings. The van der Waals surface area contributed by atoms with Crippen molar-refractivity contribution in [2.45, 2.75) is 32.7 Å². The molecule has 1 unspecified atom stereocenters. The van der Waals surface area contributed by atoms with Crippen molar-refractivity contribution < 1.29 is 0 Å². The lowest BCUT2D eigenvalue weighted by molar-refractivity contribution is 0.589. The number of likely N-dealkylation sites (N-methyl/N-ethyl adjacent to an activating group) is 1. The van der Waals surface area contributed by atoms with Gasteiger partial charge in [0.15, 0.2) is 0 Å². The fourth-order valence-corrected chi connectivity index (χ4v) is 2.92. The average molecular weight is 346 g/mol. The van der Waals surface area contributed by atoms with Gasteiger partial charge in [0.25, 0.3) is 0 Å². The normalized spacial score (nSPS) is 12.6. The maximum Gasteiger partial charge on any atom is 0.0358 e. The summed E-state index contributed by atoms with van der Waals surface area (Å²) in [6.07, 6.45) is 2.15. The van der Waals surface area contributed by atoms with Crippen LogP contribution in [0.2, 0.25) is 0 Å². The molecular weight excluding hydrogens is 322 g/mol. The molecule has 1 N–H and O–H groups in total. The highest BCUT2D eigenvalue weighted by Crippen LogP contribution is 2.21. The van der Waals surface area contributed by atoms with Crippen LogP contribution in [0, 0.1) is 5.92 Å². The van der Waals surface area contributed by atoms with Crippen LogP contribution in [0.5, 0.6) is 0 Å². The summed E-state index contributed by atoms with van der Waals surface area (Å²) in [6.45, 7) is 4.54. The number of halogens is 1. The molecule has 0 radical (unpaired) electrons. The molecule has 0 aliphatic heterocycles. The van der Waals surface area contributed by atoms with E-state index >= 15 is 0 Å². The lowest BCUT2D eigenvalue weighted by Gasteiger charge is -2.18. The highest BCUT2D eigenvalue weighted by atomic mass is 79.9. The first-order valence-electron chi connectivity index (χ1n) is 7.59. The summed E-state index contributed by atoms with van der Waals surface area (Å²) in [7, 11) is 2.04. The van der Waals surface area contributed by atoms with Gasteiger partial charge >= 0.3 is 0 Å². The van der Waals surface area contributed by atoms with Gasteiger partial charge in [-0.1, -0.05) is 66.2 Å².